The molecular formula is C25H29N3O3. The van der Waals surface area contributed by atoms with Crippen molar-refractivity contribution in [3.63, 3.8) is 0 Å². The summed E-state index contributed by atoms with van der Waals surface area (Å²) in [5, 5.41) is 9.55. The van der Waals surface area contributed by atoms with E-state index < -0.39 is 0 Å². The molecule has 2 aromatic heterocycles. The van der Waals surface area contributed by atoms with Gasteiger partial charge in [-0.2, -0.15) is 0 Å². The molecule has 0 saturated carbocycles. The third kappa shape index (κ3) is 5.95. The molecule has 2 aromatic carbocycles. The van der Waals surface area contributed by atoms with Crippen LogP contribution in [0.15, 0.2) is 63.4 Å². The fourth-order valence-corrected chi connectivity index (χ4v) is 3.47. The van der Waals surface area contributed by atoms with Gasteiger partial charge in [-0.25, -0.2) is 0 Å². The average Bonchev–Trinajstić information content (AvgIpc) is 3.41. The number of para-hydroxylation sites is 1. The summed E-state index contributed by atoms with van der Waals surface area (Å²) in [6, 6.07) is 18.0. The van der Waals surface area contributed by atoms with Crippen molar-refractivity contribution in [3.8, 4) is 17.2 Å². The van der Waals surface area contributed by atoms with Gasteiger partial charge in [0.15, 0.2) is 0 Å². The van der Waals surface area contributed by atoms with Crippen LogP contribution in [0.5, 0.6) is 5.75 Å². The molecule has 4 aromatic rings. The minimum absolute atomic E-state index is 0.548. The Morgan fingerprint density at radius 1 is 0.871 bits per heavy atom. The summed E-state index contributed by atoms with van der Waals surface area (Å²) < 4.78 is 17.5. The molecule has 0 fully saturated rings. The zero-order valence-corrected chi connectivity index (χ0v) is 18.2. The molecule has 162 valence electrons. The molecule has 6 nitrogen and oxygen atoms in total. The van der Waals surface area contributed by atoms with Gasteiger partial charge in [-0.15, -0.1) is 10.2 Å². The van der Waals surface area contributed by atoms with Crippen LogP contribution in [0, 0.1) is 0 Å². The van der Waals surface area contributed by atoms with Crippen molar-refractivity contribution in [2.75, 3.05) is 27.2 Å². The second kappa shape index (κ2) is 10.3. The zero-order chi connectivity index (χ0) is 21.5. The maximum absolute atomic E-state index is 5.87. The zero-order valence-electron chi connectivity index (χ0n) is 18.2. The van der Waals surface area contributed by atoms with Crippen molar-refractivity contribution < 1.29 is 13.6 Å². The van der Waals surface area contributed by atoms with Crippen LogP contribution >= 0.6 is 0 Å². The monoisotopic (exact) mass is 419 g/mol. The Morgan fingerprint density at radius 3 is 2.48 bits per heavy atom. The minimum atomic E-state index is 0.548. The third-order valence-corrected chi connectivity index (χ3v) is 5.13. The Hall–Kier alpha value is -3.12. The van der Waals surface area contributed by atoms with Crippen molar-refractivity contribution in [2.24, 2.45) is 0 Å². The molecule has 0 spiro atoms. The van der Waals surface area contributed by atoms with Crippen LogP contribution in [0.25, 0.3) is 22.4 Å². The highest BCUT2D eigenvalue weighted by atomic mass is 16.5. The molecule has 0 aliphatic rings. The lowest BCUT2D eigenvalue weighted by Gasteiger charge is -2.10. The molecule has 0 amide bonds. The first kappa shape index (κ1) is 21.1. The van der Waals surface area contributed by atoms with Gasteiger partial charge < -0.3 is 18.5 Å². The number of aromatic nitrogens is 2. The molecule has 0 atom stereocenters. The smallest absolute Gasteiger partial charge is 0.247 e. The van der Waals surface area contributed by atoms with E-state index in [2.05, 4.69) is 41.3 Å². The maximum Gasteiger partial charge on any atom is 0.247 e. The Balaban J connectivity index is 1.22. The van der Waals surface area contributed by atoms with E-state index in [9.17, 15) is 0 Å². The molecule has 0 bridgehead atoms. The van der Waals surface area contributed by atoms with E-state index in [0.29, 0.717) is 18.4 Å². The fourth-order valence-electron chi connectivity index (χ4n) is 3.47. The third-order valence-electron chi connectivity index (χ3n) is 5.13. The molecule has 2 heterocycles. The summed E-state index contributed by atoms with van der Waals surface area (Å²) in [7, 11) is 4.13. The molecule has 6 heteroatoms. The van der Waals surface area contributed by atoms with E-state index in [0.717, 1.165) is 66.7 Å². The highest BCUT2D eigenvalue weighted by molar-refractivity contribution is 5.77. The van der Waals surface area contributed by atoms with Gasteiger partial charge in [-0.1, -0.05) is 18.2 Å². The van der Waals surface area contributed by atoms with Gasteiger partial charge in [0.25, 0.3) is 0 Å². The number of ether oxygens (including phenoxy) is 1. The Bertz CT molecular complexity index is 1050. The predicted molar refractivity (Wildman–Crippen MR) is 121 cm³/mol. The number of fused-ring (bicyclic) bond motifs is 1. The van der Waals surface area contributed by atoms with Crippen LogP contribution in [-0.2, 0) is 12.8 Å². The van der Waals surface area contributed by atoms with E-state index in [4.69, 9.17) is 13.6 Å². The predicted octanol–water partition coefficient (Wildman–Crippen LogP) is 5.38. The summed E-state index contributed by atoms with van der Waals surface area (Å²) in [4.78, 5) is 2.15. The van der Waals surface area contributed by atoms with Crippen molar-refractivity contribution in [1.29, 1.82) is 0 Å². The first-order chi connectivity index (χ1) is 15.2. The largest absolute Gasteiger partial charge is 0.494 e. The van der Waals surface area contributed by atoms with E-state index in [1.165, 1.54) is 0 Å². The molecule has 0 aliphatic carbocycles. The van der Waals surface area contributed by atoms with Crippen molar-refractivity contribution >= 4 is 11.0 Å². The van der Waals surface area contributed by atoms with E-state index in [1.807, 2.05) is 42.5 Å². The molecule has 31 heavy (non-hydrogen) atoms. The van der Waals surface area contributed by atoms with Crippen LogP contribution in [0.3, 0.4) is 0 Å². The fraction of sp³-hybridized carbons (Fsp3) is 0.360. The lowest BCUT2D eigenvalue weighted by molar-refractivity contribution is 0.281. The normalized spacial score (nSPS) is 11.5. The Kier molecular flexibility index (Phi) is 6.99. The number of aryl methyl sites for hydroxylation is 2. The van der Waals surface area contributed by atoms with E-state index in [-0.39, 0.29) is 0 Å². The van der Waals surface area contributed by atoms with Gasteiger partial charge in [0.2, 0.25) is 11.8 Å². The van der Waals surface area contributed by atoms with Crippen LogP contribution in [0.1, 0.15) is 30.9 Å². The van der Waals surface area contributed by atoms with Gasteiger partial charge in [0.1, 0.15) is 17.1 Å². The molecule has 0 saturated heterocycles. The van der Waals surface area contributed by atoms with Crippen LogP contribution < -0.4 is 4.74 Å². The summed E-state index contributed by atoms with van der Waals surface area (Å²) in [5.41, 5.74) is 1.85. The second-order valence-corrected chi connectivity index (χ2v) is 7.99. The maximum atomic E-state index is 5.87. The van der Waals surface area contributed by atoms with Crippen molar-refractivity contribution in [2.45, 2.75) is 32.1 Å². The summed E-state index contributed by atoms with van der Waals surface area (Å²) >= 11 is 0. The molecule has 4 rings (SSSR count). The quantitative estimate of drug-likeness (QED) is 0.304. The number of hydrogen-bond donors (Lipinski definition) is 0. The molecular weight excluding hydrogens is 390 g/mol. The van der Waals surface area contributed by atoms with Gasteiger partial charge in [-0.3, -0.25) is 0 Å². The van der Waals surface area contributed by atoms with Gasteiger partial charge >= 0.3 is 0 Å². The van der Waals surface area contributed by atoms with Gasteiger partial charge in [-0.05, 0) is 69.8 Å². The Morgan fingerprint density at radius 2 is 1.68 bits per heavy atom. The summed E-state index contributed by atoms with van der Waals surface area (Å²) in [6.07, 6.45) is 4.65. The molecule has 0 N–H and O–H groups in total. The van der Waals surface area contributed by atoms with E-state index in [1.54, 1.807) is 0 Å². The second-order valence-electron chi connectivity index (χ2n) is 7.99. The number of nitrogens with zero attached hydrogens (tertiary/aromatic N) is 3. The lowest BCUT2D eigenvalue weighted by atomic mass is 10.1. The SMILES string of the molecule is CN(C)CCCOc1ccc(-c2nnc(CCCCc3cc4ccccc4o3)o2)cc1. The highest BCUT2D eigenvalue weighted by Gasteiger charge is 2.09. The summed E-state index contributed by atoms with van der Waals surface area (Å²) in [6.45, 7) is 1.72. The molecule has 0 unspecified atom stereocenters. The number of furan rings is 1. The topological polar surface area (TPSA) is 64.5 Å². The average molecular weight is 420 g/mol. The Labute approximate surface area is 182 Å². The van der Waals surface area contributed by atoms with Crippen LogP contribution in [0.4, 0.5) is 0 Å². The lowest BCUT2D eigenvalue weighted by Crippen LogP contribution is -2.15. The molecule has 0 aliphatic heterocycles. The van der Waals surface area contributed by atoms with Crippen LogP contribution in [0.2, 0.25) is 0 Å². The first-order valence-electron chi connectivity index (χ1n) is 10.9. The van der Waals surface area contributed by atoms with Gasteiger partial charge in [0.05, 0.1) is 6.61 Å². The number of hydrogen-bond acceptors (Lipinski definition) is 6. The van der Waals surface area contributed by atoms with Crippen molar-refractivity contribution in [1.82, 2.24) is 15.1 Å². The van der Waals surface area contributed by atoms with Gasteiger partial charge in [0, 0.05) is 30.3 Å². The molecule has 0 radical (unpaired) electrons. The van der Waals surface area contributed by atoms with Crippen molar-refractivity contribution in [3.05, 3.63) is 66.2 Å². The standard InChI is InChI=1S/C25H29N3O3/c1-28(2)16-7-17-29-21-14-12-19(13-15-21)25-27-26-24(31-25)11-6-4-9-22-18-20-8-3-5-10-23(20)30-22/h3,5,8,10,12-15,18H,4,6-7,9,11,16-17H2,1-2H3. The minimum Gasteiger partial charge on any atom is -0.494 e. The van der Waals surface area contributed by atoms with E-state index >= 15 is 0 Å². The highest BCUT2D eigenvalue weighted by Crippen LogP contribution is 2.23. The van der Waals surface area contributed by atoms with Crippen LogP contribution in [-0.4, -0.2) is 42.3 Å². The number of unbranched alkanes of at least 4 members (excludes halogenated alkanes) is 1. The first-order valence-corrected chi connectivity index (χ1v) is 10.9. The number of rotatable bonds is 11. The number of benzene rings is 2. The summed E-state index contributed by atoms with van der Waals surface area (Å²) in [5.74, 6) is 3.10.